The van der Waals surface area contributed by atoms with Crippen LogP contribution in [-0.4, -0.2) is 32.0 Å². The van der Waals surface area contributed by atoms with E-state index in [4.69, 9.17) is 19.9 Å². The molecular weight excluding hydrogens is 313 g/mol. The van der Waals surface area contributed by atoms with Crippen LogP contribution in [0.5, 0.6) is 17.2 Å². The Morgan fingerprint density at radius 2 is 1.70 bits per heavy atom. The smallest absolute Gasteiger partial charge is 0.422 e. The van der Waals surface area contributed by atoms with Crippen LogP contribution in [-0.2, 0) is 0 Å². The minimum absolute atomic E-state index is 0.113. The van der Waals surface area contributed by atoms with Crippen LogP contribution in [0.25, 0.3) is 11.3 Å². The number of rotatable bonds is 5. The molecule has 0 saturated heterocycles. The predicted octanol–water partition coefficient (Wildman–Crippen LogP) is 3.29. The van der Waals surface area contributed by atoms with Gasteiger partial charge in [-0.2, -0.15) is 13.2 Å². The normalized spacial score (nSPS) is 11.2. The Morgan fingerprint density at radius 3 is 2.13 bits per heavy atom. The molecule has 0 fully saturated rings. The molecule has 0 aliphatic rings. The third-order valence-electron chi connectivity index (χ3n) is 2.92. The van der Waals surface area contributed by atoms with Gasteiger partial charge in [-0.1, -0.05) is 0 Å². The topological polar surface area (TPSA) is 66.6 Å². The summed E-state index contributed by atoms with van der Waals surface area (Å²) < 4.78 is 52.1. The van der Waals surface area contributed by atoms with E-state index in [0.29, 0.717) is 16.9 Å². The van der Waals surface area contributed by atoms with Crippen molar-refractivity contribution in [1.82, 2.24) is 4.98 Å². The van der Waals surface area contributed by atoms with Gasteiger partial charge in [0.25, 0.3) is 0 Å². The summed E-state index contributed by atoms with van der Waals surface area (Å²) in [4.78, 5) is 4.16. The van der Waals surface area contributed by atoms with E-state index >= 15 is 0 Å². The fraction of sp³-hybridized carbons (Fsp3) is 0.267. The van der Waals surface area contributed by atoms with E-state index in [1.165, 1.54) is 32.5 Å². The van der Waals surface area contributed by atoms with Gasteiger partial charge in [0.15, 0.2) is 18.1 Å². The van der Waals surface area contributed by atoms with Gasteiger partial charge in [-0.05, 0) is 24.3 Å². The van der Waals surface area contributed by atoms with Crippen LogP contribution in [0, 0.1) is 0 Å². The Morgan fingerprint density at radius 1 is 1.09 bits per heavy atom. The number of anilines is 1. The van der Waals surface area contributed by atoms with Crippen molar-refractivity contribution < 1.29 is 27.4 Å². The van der Waals surface area contributed by atoms with Crippen LogP contribution >= 0.6 is 0 Å². The molecule has 1 aromatic heterocycles. The molecule has 0 amide bonds. The summed E-state index contributed by atoms with van der Waals surface area (Å²) in [6.07, 6.45) is -2.99. The van der Waals surface area contributed by atoms with Crippen LogP contribution in [0.1, 0.15) is 0 Å². The van der Waals surface area contributed by atoms with Crippen molar-refractivity contribution in [3.63, 3.8) is 0 Å². The maximum atomic E-state index is 12.4. The van der Waals surface area contributed by atoms with Gasteiger partial charge in [-0.25, -0.2) is 0 Å². The van der Waals surface area contributed by atoms with Gasteiger partial charge < -0.3 is 19.9 Å². The number of nitrogen functional groups attached to an aromatic ring is 1. The molecule has 0 radical (unpaired) electrons. The lowest BCUT2D eigenvalue weighted by Gasteiger charge is -2.17. The molecule has 2 aromatic rings. The summed E-state index contributed by atoms with van der Waals surface area (Å²) in [7, 11) is 2.66. The molecule has 0 spiro atoms. The highest BCUT2D eigenvalue weighted by atomic mass is 19.4. The van der Waals surface area contributed by atoms with Crippen molar-refractivity contribution in [2.45, 2.75) is 6.18 Å². The molecule has 124 valence electrons. The Kier molecular flexibility index (Phi) is 4.83. The second kappa shape index (κ2) is 6.64. The number of pyridine rings is 1. The highest BCUT2D eigenvalue weighted by Crippen LogP contribution is 2.41. The Labute approximate surface area is 130 Å². The molecular formula is C15H15F3N2O3. The fourth-order valence-electron chi connectivity index (χ4n) is 1.90. The van der Waals surface area contributed by atoms with E-state index in [-0.39, 0.29) is 17.2 Å². The number of benzene rings is 1. The predicted molar refractivity (Wildman–Crippen MR) is 78.7 cm³/mol. The largest absolute Gasteiger partial charge is 0.493 e. The standard InChI is InChI=1S/C15H15F3N2O3/c1-21-12-5-9(11-4-3-10(19)7-20-11)6-13(22-2)14(12)23-8-15(16,17)18/h3-7H,8,19H2,1-2H3. The highest BCUT2D eigenvalue weighted by molar-refractivity contribution is 5.69. The number of nitrogens with zero attached hydrogens (tertiary/aromatic N) is 1. The number of aromatic nitrogens is 1. The summed E-state index contributed by atoms with van der Waals surface area (Å²) in [5.41, 5.74) is 7.24. The second-order valence-electron chi connectivity index (χ2n) is 4.59. The molecule has 8 heteroatoms. The number of alkyl halides is 3. The van der Waals surface area contributed by atoms with E-state index in [0.717, 1.165) is 0 Å². The van der Waals surface area contributed by atoms with E-state index in [1.54, 1.807) is 12.1 Å². The van der Waals surface area contributed by atoms with E-state index in [2.05, 4.69) is 4.98 Å². The van der Waals surface area contributed by atoms with Crippen molar-refractivity contribution in [2.24, 2.45) is 0 Å². The Balaban J connectivity index is 2.43. The molecule has 2 rings (SSSR count). The highest BCUT2D eigenvalue weighted by Gasteiger charge is 2.30. The van der Waals surface area contributed by atoms with E-state index in [1.807, 2.05) is 0 Å². The fourth-order valence-corrected chi connectivity index (χ4v) is 1.90. The number of ether oxygens (including phenoxy) is 3. The maximum Gasteiger partial charge on any atom is 0.422 e. The SMILES string of the molecule is COc1cc(-c2ccc(N)cn2)cc(OC)c1OCC(F)(F)F. The van der Waals surface area contributed by atoms with Crippen molar-refractivity contribution in [2.75, 3.05) is 26.6 Å². The van der Waals surface area contributed by atoms with Crippen LogP contribution in [0.15, 0.2) is 30.5 Å². The molecule has 0 saturated carbocycles. The molecule has 0 atom stereocenters. The molecule has 0 aliphatic carbocycles. The number of nitrogens with two attached hydrogens (primary N) is 1. The van der Waals surface area contributed by atoms with Crippen LogP contribution < -0.4 is 19.9 Å². The minimum Gasteiger partial charge on any atom is -0.493 e. The molecule has 1 aromatic carbocycles. The lowest BCUT2D eigenvalue weighted by Crippen LogP contribution is -2.19. The second-order valence-corrected chi connectivity index (χ2v) is 4.59. The van der Waals surface area contributed by atoms with E-state index < -0.39 is 12.8 Å². The summed E-state index contributed by atoms with van der Waals surface area (Å²) >= 11 is 0. The molecule has 1 heterocycles. The molecule has 0 aliphatic heterocycles. The molecule has 5 nitrogen and oxygen atoms in total. The first kappa shape index (κ1) is 16.7. The average molecular weight is 328 g/mol. The number of hydrogen-bond donors (Lipinski definition) is 1. The van der Waals surface area contributed by atoms with Gasteiger partial charge in [-0.15, -0.1) is 0 Å². The first-order chi connectivity index (χ1) is 10.8. The summed E-state index contributed by atoms with van der Waals surface area (Å²) in [6.45, 7) is -1.45. The van der Waals surface area contributed by atoms with Crippen LogP contribution in [0.2, 0.25) is 0 Å². The van der Waals surface area contributed by atoms with Crippen LogP contribution in [0.4, 0.5) is 18.9 Å². The zero-order valence-electron chi connectivity index (χ0n) is 12.5. The molecule has 0 unspecified atom stereocenters. The van der Waals surface area contributed by atoms with Crippen molar-refractivity contribution in [1.29, 1.82) is 0 Å². The number of halogens is 3. The first-order valence-corrected chi connectivity index (χ1v) is 6.51. The van der Waals surface area contributed by atoms with Crippen LogP contribution in [0.3, 0.4) is 0 Å². The third-order valence-corrected chi connectivity index (χ3v) is 2.92. The lowest BCUT2D eigenvalue weighted by atomic mass is 10.1. The first-order valence-electron chi connectivity index (χ1n) is 6.51. The quantitative estimate of drug-likeness (QED) is 0.912. The number of hydrogen-bond acceptors (Lipinski definition) is 5. The zero-order chi connectivity index (χ0) is 17.0. The summed E-state index contributed by atoms with van der Waals surface area (Å²) in [5.74, 6) is 0.107. The average Bonchev–Trinajstić information content (AvgIpc) is 2.52. The van der Waals surface area contributed by atoms with Gasteiger partial charge in [0.1, 0.15) is 0 Å². The number of methoxy groups -OCH3 is 2. The third kappa shape index (κ3) is 4.18. The molecule has 0 bridgehead atoms. The van der Waals surface area contributed by atoms with Crippen molar-refractivity contribution in [3.05, 3.63) is 30.5 Å². The monoisotopic (exact) mass is 328 g/mol. The summed E-state index contributed by atoms with van der Waals surface area (Å²) in [5, 5.41) is 0. The Hall–Kier alpha value is -2.64. The van der Waals surface area contributed by atoms with Gasteiger partial charge in [0.05, 0.1) is 31.8 Å². The summed E-state index contributed by atoms with van der Waals surface area (Å²) in [6, 6.07) is 6.38. The Bertz CT molecular complexity index is 648. The molecule has 23 heavy (non-hydrogen) atoms. The zero-order valence-corrected chi connectivity index (χ0v) is 12.5. The van der Waals surface area contributed by atoms with Gasteiger partial charge >= 0.3 is 6.18 Å². The minimum atomic E-state index is -4.47. The van der Waals surface area contributed by atoms with Gasteiger partial charge in [0.2, 0.25) is 5.75 Å². The van der Waals surface area contributed by atoms with Gasteiger partial charge in [-0.3, -0.25) is 4.98 Å². The van der Waals surface area contributed by atoms with Crippen molar-refractivity contribution in [3.8, 4) is 28.5 Å². The van der Waals surface area contributed by atoms with Crippen molar-refractivity contribution >= 4 is 5.69 Å². The lowest BCUT2D eigenvalue weighted by molar-refractivity contribution is -0.153. The maximum absolute atomic E-state index is 12.4. The van der Waals surface area contributed by atoms with Gasteiger partial charge in [0, 0.05) is 5.56 Å². The molecule has 2 N–H and O–H groups in total. The van der Waals surface area contributed by atoms with E-state index in [9.17, 15) is 13.2 Å².